The van der Waals surface area contributed by atoms with Gasteiger partial charge in [0, 0.05) is 11.9 Å². The van der Waals surface area contributed by atoms with Gasteiger partial charge in [0.1, 0.15) is 12.6 Å². The van der Waals surface area contributed by atoms with E-state index in [1.165, 1.54) is 11.1 Å². The fourth-order valence-electron chi connectivity index (χ4n) is 2.02. The molecule has 4 heteroatoms. The van der Waals surface area contributed by atoms with Crippen LogP contribution in [-0.4, -0.2) is 17.0 Å². The fraction of sp³-hybridized carbons (Fsp3) is 0.294. The average molecular weight is 284 g/mol. The molecule has 0 aliphatic rings. The van der Waals surface area contributed by atoms with Crippen LogP contribution in [0.1, 0.15) is 23.7 Å². The smallest absolute Gasteiger partial charge is 0.322 e. The van der Waals surface area contributed by atoms with E-state index in [2.05, 4.69) is 11.9 Å². The molecule has 21 heavy (non-hydrogen) atoms. The number of benzene rings is 1. The van der Waals surface area contributed by atoms with Gasteiger partial charge >= 0.3 is 5.97 Å². The summed E-state index contributed by atoms with van der Waals surface area (Å²) in [5.41, 5.74) is 10.9. The van der Waals surface area contributed by atoms with Crippen molar-refractivity contribution in [3.05, 3.63) is 53.3 Å². The molecule has 2 N–H and O–H groups in total. The first-order chi connectivity index (χ1) is 9.99. The standard InChI is InChI=1S/C17H20N2O2/c1-11-13(3)19-9-8-16(11)15-6-4-14(5-7-15)10-21-17(20)12(2)18/h4-9,12H,10,18H2,1-3H3/t12-/m0/s1. The second-order valence-corrected chi connectivity index (χ2v) is 5.16. The van der Waals surface area contributed by atoms with E-state index >= 15 is 0 Å². The summed E-state index contributed by atoms with van der Waals surface area (Å²) in [5, 5.41) is 0. The number of hydrogen-bond donors (Lipinski definition) is 1. The van der Waals surface area contributed by atoms with Crippen molar-refractivity contribution in [2.24, 2.45) is 5.73 Å². The molecule has 1 aromatic carbocycles. The molecule has 0 bridgehead atoms. The Bertz CT molecular complexity index is 634. The number of carbonyl (C=O) groups excluding carboxylic acids is 1. The second-order valence-electron chi connectivity index (χ2n) is 5.16. The highest BCUT2D eigenvalue weighted by atomic mass is 16.5. The molecule has 0 aliphatic heterocycles. The molecule has 0 unspecified atom stereocenters. The van der Waals surface area contributed by atoms with Crippen LogP contribution in [-0.2, 0) is 16.1 Å². The Morgan fingerprint density at radius 3 is 2.52 bits per heavy atom. The van der Waals surface area contributed by atoms with Crippen LogP contribution in [0.3, 0.4) is 0 Å². The lowest BCUT2D eigenvalue weighted by Gasteiger charge is -2.10. The maximum Gasteiger partial charge on any atom is 0.322 e. The fourth-order valence-corrected chi connectivity index (χ4v) is 2.02. The monoisotopic (exact) mass is 284 g/mol. The number of hydrogen-bond acceptors (Lipinski definition) is 4. The summed E-state index contributed by atoms with van der Waals surface area (Å²) >= 11 is 0. The van der Waals surface area contributed by atoms with Crippen molar-refractivity contribution in [3.63, 3.8) is 0 Å². The van der Waals surface area contributed by atoms with Crippen LogP contribution in [0.5, 0.6) is 0 Å². The van der Waals surface area contributed by atoms with E-state index < -0.39 is 6.04 Å². The van der Waals surface area contributed by atoms with Crippen molar-refractivity contribution in [1.82, 2.24) is 4.98 Å². The average Bonchev–Trinajstić information content (AvgIpc) is 2.48. The Morgan fingerprint density at radius 1 is 1.24 bits per heavy atom. The minimum atomic E-state index is -0.591. The quantitative estimate of drug-likeness (QED) is 0.877. The van der Waals surface area contributed by atoms with E-state index in [0.29, 0.717) is 0 Å². The number of carbonyl (C=O) groups is 1. The zero-order valence-corrected chi connectivity index (χ0v) is 12.6. The molecular formula is C17H20N2O2. The molecule has 2 rings (SSSR count). The summed E-state index contributed by atoms with van der Waals surface area (Å²) in [6.07, 6.45) is 1.82. The van der Waals surface area contributed by atoms with Gasteiger partial charge in [0.25, 0.3) is 0 Å². The number of nitrogens with two attached hydrogens (primary N) is 1. The molecule has 0 spiro atoms. The highest BCUT2D eigenvalue weighted by Crippen LogP contribution is 2.24. The maximum absolute atomic E-state index is 11.3. The predicted molar refractivity (Wildman–Crippen MR) is 82.6 cm³/mol. The van der Waals surface area contributed by atoms with Crippen LogP contribution in [0, 0.1) is 13.8 Å². The molecule has 110 valence electrons. The van der Waals surface area contributed by atoms with Gasteiger partial charge in [-0.1, -0.05) is 24.3 Å². The molecule has 0 aliphatic carbocycles. The largest absolute Gasteiger partial charge is 0.460 e. The number of pyridine rings is 1. The third-order valence-electron chi connectivity index (χ3n) is 3.47. The molecule has 2 aromatic rings. The number of nitrogens with zero attached hydrogens (tertiary/aromatic N) is 1. The summed E-state index contributed by atoms with van der Waals surface area (Å²) in [7, 11) is 0. The third-order valence-corrected chi connectivity index (χ3v) is 3.47. The third kappa shape index (κ3) is 3.67. The minimum absolute atomic E-state index is 0.245. The van der Waals surface area contributed by atoms with Gasteiger partial charge in [-0.3, -0.25) is 9.78 Å². The molecule has 0 saturated carbocycles. The van der Waals surface area contributed by atoms with Crippen molar-refractivity contribution >= 4 is 5.97 Å². The topological polar surface area (TPSA) is 65.2 Å². The Kier molecular flexibility index (Phi) is 4.70. The van der Waals surface area contributed by atoms with E-state index in [1.54, 1.807) is 6.92 Å². The SMILES string of the molecule is Cc1nccc(-c2ccc(COC(=O)[C@H](C)N)cc2)c1C. The van der Waals surface area contributed by atoms with Gasteiger partial charge in [0.2, 0.25) is 0 Å². The highest BCUT2D eigenvalue weighted by Gasteiger charge is 2.09. The first kappa shape index (κ1) is 15.2. The normalized spacial score (nSPS) is 12.0. The van der Waals surface area contributed by atoms with Crippen molar-refractivity contribution < 1.29 is 9.53 Å². The van der Waals surface area contributed by atoms with Crippen molar-refractivity contribution in [1.29, 1.82) is 0 Å². The first-order valence-electron chi connectivity index (χ1n) is 6.93. The van der Waals surface area contributed by atoms with Gasteiger partial charge in [0.05, 0.1) is 0 Å². The van der Waals surface area contributed by atoms with Crippen molar-refractivity contribution in [3.8, 4) is 11.1 Å². The lowest BCUT2D eigenvalue weighted by Crippen LogP contribution is -2.28. The van der Waals surface area contributed by atoms with Crippen LogP contribution in [0.2, 0.25) is 0 Å². The molecule has 4 nitrogen and oxygen atoms in total. The van der Waals surface area contributed by atoms with E-state index in [0.717, 1.165) is 16.8 Å². The number of aryl methyl sites for hydroxylation is 1. The van der Waals surface area contributed by atoms with Crippen LogP contribution in [0.4, 0.5) is 0 Å². The molecular weight excluding hydrogens is 264 g/mol. The first-order valence-corrected chi connectivity index (χ1v) is 6.93. The van der Waals surface area contributed by atoms with Gasteiger partial charge in [0.15, 0.2) is 0 Å². The van der Waals surface area contributed by atoms with Crippen LogP contribution in [0.25, 0.3) is 11.1 Å². The van der Waals surface area contributed by atoms with E-state index in [4.69, 9.17) is 10.5 Å². The molecule has 0 fully saturated rings. The summed E-state index contributed by atoms with van der Waals surface area (Å²) in [6.45, 7) is 5.92. The van der Waals surface area contributed by atoms with Gasteiger partial charge in [-0.25, -0.2) is 0 Å². The van der Waals surface area contributed by atoms with Crippen molar-refractivity contribution in [2.75, 3.05) is 0 Å². The lowest BCUT2D eigenvalue weighted by molar-refractivity contribution is -0.146. The van der Waals surface area contributed by atoms with Crippen molar-refractivity contribution in [2.45, 2.75) is 33.4 Å². The molecule has 0 radical (unpaired) electrons. The van der Waals surface area contributed by atoms with E-state index in [9.17, 15) is 4.79 Å². The number of ether oxygens (including phenoxy) is 1. The van der Waals surface area contributed by atoms with Crippen LogP contribution < -0.4 is 5.73 Å². The zero-order chi connectivity index (χ0) is 15.4. The van der Waals surface area contributed by atoms with Gasteiger partial charge in [-0.15, -0.1) is 0 Å². The van der Waals surface area contributed by atoms with Crippen LogP contribution in [0.15, 0.2) is 36.5 Å². The molecule has 1 atom stereocenters. The van der Waals surface area contributed by atoms with Gasteiger partial charge in [-0.2, -0.15) is 0 Å². The minimum Gasteiger partial charge on any atom is -0.460 e. The second kappa shape index (κ2) is 6.50. The predicted octanol–water partition coefficient (Wildman–Crippen LogP) is 2.76. The lowest BCUT2D eigenvalue weighted by atomic mass is 9.99. The van der Waals surface area contributed by atoms with Gasteiger partial charge < -0.3 is 10.5 Å². The molecule has 1 heterocycles. The summed E-state index contributed by atoms with van der Waals surface area (Å²) in [5.74, 6) is -0.389. The molecule has 0 saturated heterocycles. The summed E-state index contributed by atoms with van der Waals surface area (Å²) < 4.78 is 5.10. The summed E-state index contributed by atoms with van der Waals surface area (Å²) in [4.78, 5) is 15.6. The number of aromatic nitrogens is 1. The van der Waals surface area contributed by atoms with Gasteiger partial charge in [-0.05, 0) is 49.1 Å². The maximum atomic E-state index is 11.3. The van der Waals surface area contributed by atoms with E-state index in [-0.39, 0.29) is 12.6 Å². The Balaban J connectivity index is 2.12. The summed E-state index contributed by atoms with van der Waals surface area (Å²) in [6, 6.07) is 9.38. The molecule has 0 amide bonds. The highest BCUT2D eigenvalue weighted by molar-refractivity contribution is 5.75. The number of esters is 1. The Morgan fingerprint density at radius 2 is 1.90 bits per heavy atom. The van der Waals surface area contributed by atoms with E-state index in [1.807, 2.05) is 43.5 Å². The molecule has 1 aromatic heterocycles. The van der Waals surface area contributed by atoms with Crippen LogP contribution >= 0.6 is 0 Å². The number of rotatable bonds is 4. The zero-order valence-electron chi connectivity index (χ0n) is 12.6. The Labute approximate surface area is 125 Å². The Hall–Kier alpha value is -2.20.